The Morgan fingerprint density at radius 3 is 2.16 bits per heavy atom. The van der Waals surface area contributed by atoms with E-state index >= 15 is 0 Å². The average molecular weight is 850 g/mol. The van der Waals surface area contributed by atoms with Gasteiger partial charge in [-0.1, -0.05) is 104 Å². The van der Waals surface area contributed by atoms with E-state index in [0.29, 0.717) is 31.7 Å². The van der Waals surface area contributed by atoms with Crippen molar-refractivity contribution in [2.75, 3.05) is 52.7 Å². The molecule has 2 aliphatic rings. The summed E-state index contributed by atoms with van der Waals surface area (Å²) in [7, 11) is 0. The summed E-state index contributed by atoms with van der Waals surface area (Å²) in [5.74, 6) is -1.25. The van der Waals surface area contributed by atoms with E-state index in [0.717, 1.165) is 46.2 Å². The van der Waals surface area contributed by atoms with Gasteiger partial charge >= 0.3 is 12.2 Å². The topological polar surface area (TPSA) is 183 Å². The first-order chi connectivity index (χ1) is 30.3. The van der Waals surface area contributed by atoms with Crippen LogP contribution in [0.15, 0.2) is 103 Å². The molecule has 62 heavy (non-hydrogen) atoms. The maximum absolute atomic E-state index is 13.6. The van der Waals surface area contributed by atoms with E-state index in [-0.39, 0.29) is 58.5 Å². The number of hydrogen-bond donors (Lipinski definition) is 4. The van der Waals surface area contributed by atoms with Gasteiger partial charge in [0.05, 0.1) is 26.4 Å². The molecule has 6 rings (SSSR count). The van der Waals surface area contributed by atoms with Crippen molar-refractivity contribution in [3.05, 3.63) is 125 Å². The third-order valence-corrected chi connectivity index (χ3v) is 10.6. The Hall–Kier alpha value is -6.45. The van der Waals surface area contributed by atoms with Crippen molar-refractivity contribution in [1.29, 1.82) is 0 Å². The summed E-state index contributed by atoms with van der Waals surface area (Å²) in [6.07, 6.45) is 1.82. The smallest absolute Gasteiger partial charge is 0.410 e. The second-order valence-corrected chi connectivity index (χ2v) is 15.0. The average Bonchev–Trinajstić information content (AvgIpc) is 3.92. The molecule has 15 nitrogen and oxygen atoms in total. The molecule has 0 saturated carbocycles. The lowest BCUT2D eigenvalue weighted by Crippen LogP contribution is -2.56. The molecule has 1 aliphatic heterocycles. The van der Waals surface area contributed by atoms with Crippen LogP contribution in [0.5, 0.6) is 5.75 Å². The van der Waals surface area contributed by atoms with Crippen LogP contribution < -0.4 is 26.2 Å². The van der Waals surface area contributed by atoms with Gasteiger partial charge in [0.1, 0.15) is 37.7 Å². The number of alkyl carbamates (subject to hydrolysis) is 1. The van der Waals surface area contributed by atoms with Gasteiger partial charge in [-0.3, -0.25) is 30.1 Å². The number of likely N-dealkylation sites (tertiary alicyclic amines) is 1. The summed E-state index contributed by atoms with van der Waals surface area (Å²) >= 11 is 0. The van der Waals surface area contributed by atoms with Gasteiger partial charge in [-0.15, -0.1) is 0 Å². The zero-order valence-corrected chi connectivity index (χ0v) is 35.0. The number of carbonyl (C=O) groups excluding carboxylic acids is 5. The molecule has 0 spiro atoms. The Balaban J connectivity index is 0.954. The highest BCUT2D eigenvalue weighted by atomic mass is 16.6. The van der Waals surface area contributed by atoms with Crippen LogP contribution >= 0.6 is 0 Å². The Morgan fingerprint density at radius 2 is 1.44 bits per heavy atom. The SMILES string of the molecule is CCCCOc1ccc(C[C@H](NC(=O)COCCOCCNC(=O)OCc2ccccc2)C(=O)NNC(=O)C2CCCN2C(=O)OCC2c3ccccc3-c3ccccc32)cc1. The van der Waals surface area contributed by atoms with Crippen molar-refractivity contribution >= 4 is 29.9 Å². The van der Waals surface area contributed by atoms with Gasteiger partial charge in [0.25, 0.3) is 11.8 Å². The second kappa shape index (κ2) is 23.5. The molecular formula is C47H55N5O10. The molecule has 5 amide bonds. The van der Waals surface area contributed by atoms with E-state index in [2.05, 4.69) is 40.5 Å². The fraction of sp³-hybridized carbons (Fsp3) is 0.383. The lowest BCUT2D eigenvalue weighted by molar-refractivity contribution is -0.134. The van der Waals surface area contributed by atoms with Gasteiger partial charge in [-0.25, -0.2) is 9.59 Å². The van der Waals surface area contributed by atoms with Crippen LogP contribution in [-0.4, -0.2) is 99.6 Å². The minimum absolute atomic E-state index is 0.0832. The fourth-order valence-electron chi connectivity index (χ4n) is 7.35. The molecule has 1 fully saturated rings. The molecule has 4 aromatic rings. The Labute approximate surface area is 361 Å². The molecule has 15 heteroatoms. The van der Waals surface area contributed by atoms with Crippen LogP contribution in [0.3, 0.4) is 0 Å². The molecule has 1 heterocycles. The first kappa shape index (κ1) is 45.1. The van der Waals surface area contributed by atoms with Crippen molar-refractivity contribution in [3.63, 3.8) is 0 Å². The van der Waals surface area contributed by atoms with Crippen molar-refractivity contribution in [2.45, 2.75) is 63.6 Å². The summed E-state index contributed by atoms with van der Waals surface area (Å²) in [5, 5.41) is 5.31. The summed E-state index contributed by atoms with van der Waals surface area (Å²) in [6.45, 7) is 3.58. The van der Waals surface area contributed by atoms with Crippen LogP contribution in [-0.2, 0) is 46.4 Å². The van der Waals surface area contributed by atoms with E-state index in [4.69, 9.17) is 23.7 Å². The molecule has 4 aromatic carbocycles. The summed E-state index contributed by atoms with van der Waals surface area (Å²) in [4.78, 5) is 66.7. The van der Waals surface area contributed by atoms with E-state index in [1.54, 1.807) is 12.1 Å². The number of fused-ring (bicyclic) bond motifs is 3. The van der Waals surface area contributed by atoms with E-state index in [1.165, 1.54) is 4.90 Å². The van der Waals surface area contributed by atoms with Crippen LogP contribution in [0.2, 0.25) is 0 Å². The predicted octanol–water partition coefficient (Wildman–Crippen LogP) is 5.41. The lowest BCUT2D eigenvalue weighted by Gasteiger charge is -2.25. The summed E-state index contributed by atoms with van der Waals surface area (Å²) < 4.78 is 27.7. The third-order valence-electron chi connectivity index (χ3n) is 10.6. The van der Waals surface area contributed by atoms with Gasteiger partial charge in [-0.2, -0.15) is 0 Å². The fourth-order valence-corrected chi connectivity index (χ4v) is 7.35. The molecule has 0 bridgehead atoms. The molecule has 0 radical (unpaired) electrons. The van der Waals surface area contributed by atoms with E-state index in [1.807, 2.05) is 78.9 Å². The molecule has 2 atom stereocenters. The monoisotopic (exact) mass is 849 g/mol. The quantitative estimate of drug-likeness (QED) is 0.0625. The standard InChI is InChI=1S/C47H55N5O10/c1-2-3-25-60-35-21-19-33(20-22-35)29-41(49-43(53)32-59-28-27-58-26-23-48-46(56)61-30-34-12-5-4-6-13-34)44(54)50-51-45(55)42-18-11-24-52(42)47(57)62-31-40-38-16-9-7-14-36(38)37-15-8-10-17-39(37)40/h4-10,12-17,19-22,40-42H,2-3,11,18,23-32H2,1H3,(H,48,56)(H,49,53)(H,50,54)(H,51,55)/t41-,42?/m0/s1. The number of ether oxygens (including phenoxy) is 5. The highest BCUT2D eigenvalue weighted by Crippen LogP contribution is 2.44. The zero-order chi connectivity index (χ0) is 43.5. The van der Waals surface area contributed by atoms with Crippen molar-refractivity contribution in [2.24, 2.45) is 0 Å². The highest BCUT2D eigenvalue weighted by Gasteiger charge is 2.37. The van der Waals surface area contributed by atoms with Crippen molar-refractivity contribution in [3.8, 4) is 16.9 Å². The summed E-state index contributed by atoms with van der Waals surface area (Å²) in [6, 6.07) is 30.7. The maximum Gasteiger partial charge on any atom is 0.410 e. The van der Waals surface area contributed by atoms with Gasteiger partial charge in [0.2, 0.25) is 5.91 Å². The number of benzene rings is 4. The second-order valence-electron chi connectivity index (χ2n) is 15.0. The van der Waals surface area contributed by atoms with Crippen LogP contribution in [0.1, 0.15) is 60.8 Å². The molecule has 328 valence electrons. The van der Waals surface area contributed by atoms with Gasteiger partial charge in [0, 0.05) is 25.4 Å². The molecule has 1 saturated heterocycles. The minimum Gasteiger partial charge on any atom is -0.494 e. The highest BCUT2D eigenvalue weighted by molar-refractivity contribution is 5.91. The molecular weight excluding hydrogens is 795 g/mol. The minimum atomic E-state index is -1.09. The van der Waals surface area contributed by atoms with Gasteiger partial charge in [-0.05, 0) is 64.8 Å². The zero-order valence-electron chi connectivity index (χ0n) is 35.0. The maximum atomic E-state index is 13.6. The number of nitrogens with one attached hydrogen (secondary N) is 4. The van der Waals surface area contributed by atoms with Crippen LogP contribution in [0.4, 0.5) is 9.59 Å². The number of carbonyl (C=O) groups is 5. The number of amides is 5. The molecule has 1 unspecified atom stereocenters. The van der Waals surface area contributed by atoms with Crippen molar-refractivity contribution in [1.82, 2.24) is 26.4 Å². The van der Waals surface area contributed by atoms with Gasteiger partial charge < -0.3 is 34.3 Å². The third kappa shape index (κ3) is 13.0. The predicted molar refractivity (Wildman–Crippen MR) is 230 cm³/mol. The number of hydrogen-bond acceptors (Lipinski definition) is 10. The first-order valence-corrected chi connectivity index (χ1v) is 21.1. The van der Waals surface area contributed by atoms with Crippen LogP contribution in [0, 0.1) is 0 Å². The van der Waals surface area contributed by atoms with Crippen molar-refractivity contribution < 1.29 is 47.7 Å². The number of nitrogens with zero attached hydrogens (tertiary/aromatic N) is 1. The summed E-state index contributed by atoms with van der Waals surface area (Å²) in [5.41, 5.74) is 10.9. The Kier molecular flexibility index (Phi) is 17.1. The first-order valence-electron chi connectivity index (χ1n) is 21.1. The number of unbranched alkanes of at least 4 members (excludes halogenated alkanes) is 1. The van der Waals surface area contributed by atoms with E-state index in [9.17, 15) is 24.0 Å². The lowest BCUT2D eigenvalue weighted by atomic mass is 9.98. The Morgan fingerprint density at radius 1 is 0.742 bits per heavy atom. The van der Waals surface area contributed by atoms with E-state index < -0.39 is 42.0 Å². The van der Waals surface area contributed by atoms with Crippen LogP contribution in [0.25, 0.3) is 11.1 Å². The molecule has 1 aliphatic carbocycles. The number of hydrazine groups is 1. The number of rotatable bonds is 21. The molecule has 4 N–H and O–H groups in total. The molecule has 0 aromatic heterocycles. The Bertz CT molecular complexity index is 2050. The van der Waals surface area contributed by atoms with Gasteiger partial charge in [0.15, 0.2) is 0 Å². The largest absolute Gasteiger partial charge is 0.494 e. The normalized spacial score (nSPS) is 14.5.